The predicted molar refractivity (Wildman–Crippen MR) is 233 cm³/mol. The van der Waals surface area contributed by atoms with Gasteiger partial charge in [0.2, 0.25) is 29.5 Å². The third kappa shape index (κ3) is 15.8. The molecule has 3 heterocycles. The van der Waals surface area contributed by atoms with E-state index in [4.69, 9.17) is 20.8 Å². The molecule has 4 fully saturated rings. The first-order chi connectivity index (χ1) is 28.5. The van der Waals surface area contributed by atoms with Crippen molar-refractivity contribution in [1.82, 2.24) is 36.8 Å². The minimum Gasteiger partial charge on any atom is -0.410 e. The summed E-state index contributed by atoms with van der Waals surface area (Å²) in [6.45, 7) is 17.7. The summed E-state index contributed by atoms with van der Waals surface area (Å²) in [4.78, 5) is 70.2. The minimum atomic E-state index is -1.44. The Morgan fingerprint density at radius 3 is 2.12 bits per heavy atom. The highest BCUT2D eigenvalue weighted by molar-refractivity contribution is 6.46. The van der Waals surface area contributed by atoms with Crippen molar-refractivity contribution in [2.45, 2.75) is 174 Å². The highest BCUT2D eigenvalue weighted by Crippen LogP contribution is 2.55. The molecule has 3 aliphatic heterocycles. The Labute approximate surface area is 359 Å². The maximum Gasteiger partial charge on any atom is 0.480 e. The number of aliphatic hydroxyl groups excluding tert-OH is 1. The smallest absolute Gasteiger partial charge is 0.410 e. The van der Waals surface area contributed by atoms with Crippen LogP contribution in [0.4, 0.5) is 0 Å². The van der Waals surface area contributed by atoms with Crippen LogP contribution in [0.1, 0.15) is 126 Å². The Balaban J connectivity index is 1.61. The van der Waals surface area contributed by atoms with Gasteiger partial charge in [0, 0.05) is 32.3 Å². The Bertz CT molecular complexity index is 1360. The highest BCUT2D eigenvalue weighted by atomic mass is 16.6. The van der Waals surface area contributed by atoms with E-state index in [-0.39, 0.29) is 23.8 Å². The van der Waals surface area contributed by atoms with Crippen molar-refractivity contribution in [2.24, 2.45) is 28.7 Å². The maximum absolute atomic E-state index is 13.7. The van der Waals surface area contributed by atoms with Crippen LogP contribution in [-0.2, 0) is 33.3 Å². The summed E-state index contributed by atoms with van der Waals surface area (Å²) < 4.78 is 12.5. The van der Waals surface area contributed by atoms with E-state index in [0.717, 1.165) is 45.2 Å². The highest BCUT2D eigenvalue weighted by Gasteiger charge is 2.52. The maximum atomic E-state index is 13.7. The van der Waals surface area contributed by atoms with Gasteiger partial charge in [-0.15, -0.1) is 0 Å². The van der Waals surface area contributed by atoms with E-state index in [9.17, 15) is 29.1 Å². The lowest BCUT2D eigenvalue weighted by Gasteiger charge is -2.54. The van der Waals surface area contributed by atoms with Gasteiger partial charge >= 0.3 is 7.12 Å². The van der Waals surface area contributed by atoms with Crippen LogP contribution in [0.15, 0.2) is 0 Å². The summed E-state index contributed by atoms with van der Waals surface area (Å²) >= 11 is 0. The second kappa shape index (κ2) is 25.9. The fourth-order valence-electron chi connectivity index (χ4n) is 8.74. The van der Waals surface area contributed by atoms with Crippen LogP contribution in [0.2, 0.25) is 0 Å². The van der Waals surface area contributed by atoms with Gasteiger partial charge in [0.15, 0.2) is 0 Å². The summed E-state index contributed by atoms with van der Waals surface area (Å²) in [5.74, 6) is -2.38. The number of piperazine rings is 1. The van der Waals surface area contributed by atoms with Crippen molar-refractivity contribution < 1.29 is 38.4 Å². The lowest BCUT2D eigenvalue weighted by atomic mass is 9.52. The first kappa shape index (κ1) is 51.5. The van der Waals surface area contributed by atoms with E-state index in [1.165, 1.54) is 20.3 Å². The van der Waals surface area contributed by atoms with E-state index < -0.39 is 73.0 Å². The Hall–Kier alpha value is -2.87. The third-order valence-corrected chi connectivity index (χ3v) is 12.9. The number of hydrogen-bond donors (Lipinski definition) is 9. The fourth-order valence-corrected chi connectivity index (χ4v) is 8.74. The van der Waals surface area contributed by atoms with Gasteiger partial charge in [-0.1, -0.05) is 40.0 Å². The molecule has 1 saturated carbocycles. The van der Waals surface area contributed by atoms with Crippen LogP contribution in [0.3, 0.4) is 0 Å². The van der Waals surface area contributed by atoms with Gasteiger partial charge in [-0.25, -0.2) is 0 Å². The van der Waals surface area contributed by atoms with Gasteiger partial charge < -0.3 is 57.8 Å². The van der Waals surface area contributed by atoms with Crippen molar-refractivity contribution in [3.8, 4) is 0 Å². The summed E-state index contributed by atoms with van der Waals surface area (Å²) in [5.41, 5.74) is 11.6. The normalized spacial score (nSPS) is 24.7. The lowest BCUT2D eigenvalue weighted by molar-refractivity contribution is -0.136. The molecule has 11 N–H and O–H groups in total. The van der Waals surface area contributed by atoms with Gasteiger partial charge in [0.25, 0.3) is 0 Å². The van der Waals surface area contributed by atoms with Gasteiger partial charge in [-0.05, 0) is 122 Å². The van der Waals surface area contributed by atoms with Crippen molar-refractivity contribution in [3.05, 3.63) is 0 Å². The number of nitrogens with two attached hydrogens (primary N) is 2. The minimum absolute atomic E-state index is 0.0608. The van der Waals surface area contributed by atoms with E-state index >= 15 is 0 Å². The zero-order valence-corrected chi connectivity index (χ0v) is 37.7. The molecular formula is C42H80BN9O8. The van der Waals surface area contributed by atoms with Crippen molar-refractivity contribution in [2.75, 3.05) is 45.9 Å². The molecule has 0 aromatic heterocycles. The largest absolute Gasteiger partial charge is 0.480 e. The number of aliphatic hydroxyl groups is 1. The molecule has 60 heavy (non-hydrogen) atoms. The number of carbonyl (C=O) groups is 5. The average molecular weight is 850 g/mol. The molecule has 3 saturated heterocycles. The Kier molecular flexibility index (Phi) is 22.2. The molecule has 2 bridgehead atoms. The fraction of sp³-hybridized carbons (Fsp3) is 0.881. The number of rotatable bonds is 25. The van der Waals surface area contributed by atoms with Crippen LogP contribution in [-0.4, -0.2) is 141 Å². The number of amides is 5. The Morgan fingerprint density at radius 2 is 1.50 bits per heavy atom. The molecule has 10 unspecified atom stereocenters. The molecule has 5 amide bonds. The first-order valence-electron chi connectivity index (χ1n) is 22.9. The molecule has 0 radical (unpaired) electrons. The quantitative estimate of drug-likeness (QED) is 0.0449. The molecule has 10 atom stereocenters. The van der Waals surface area contributed by atoms with E-state index in [0.29, 0.717) is 76.7 Å². The van der Waals surface area contributed by atoms with Gasteiger partial charge in [-0.2, -0.15) is 0 Å². The van der Waals surface area contributed by atoms with E-state index in [1.807, 2.05) is 6.92 Å². The van der Waals surface area contributed by atoms with Gasteiger partial charge in [-0.3, -0.25) is 28.9 Å². The van der Waals surface area contributed by atoms with Crippen LogP contribution in [0, 0.1) is 17.3 Å². The standard InChI is InChI=1S/C42H80BN9O8/c1-8-9-10-15-22-52-23-21-46-35(26-52)40(57)50-34(17-12-14-20-45)39(56)51-36(28(3)53)41(58)47-27(2)37(54)49-33(16-11-13-19-44)38(55)48-30(5)43-59-24-18-31-25-32(29(4)60-43)42(31,6)7/h27-36,46,53H,8-26,44-45H2,1-7H3,(H,47,58)(H,48,55)(H,49,54)(H,50,57)(H,51,56). The predicted octanol–water partition coefficient (Wildman–Crippen LogP) is 0.458. The molecule has 0 aromatic rings. The monoisotopic (exact) mass is 850 g/mol. The third-order valence-electron chi connectivity index (χ3n) is 12.9. The molecule has 1 aliphatic carbocycles. The van der Waals surface area contributed by atoms with E-state index in [2.05, 4.69) is 64.5 Å². The molecule has 4 rings (SSSR count). The van der Waals surface area contributed by atoms with Crippen LogP contribution in [0.5, 0.6) is 0 Å². The summed E-state index contributed by atoms with van der Waals surface area (Å²) in [6.07, 6.45) is 8.10. The topological polar surface area (TPSA) is 251 Å². The molecule has 18 heteroatoms. The first-order valence-corrected chi connectivity index (χ1v) is 22.9. The molecule has 0 aromatic carbocycles. The average Bonchev–Trinajstić information content (AvgIpc) is 3.32. The Morgan fingerprint density at radius 1 is 0.850 bits per heavy atom. The zero-order chi connectivity index (χ0) is 44.4. The van der Waals surface area contributed by atoms with Crippen LogP contribution >= 0.6 is 0 Å². The molecular weight excluding hydrogens is 769 g/mol. The number of nitrogens with one attached hydrogen (secondary N) is 6. The van der Waals surface area contributed by atoms with E-state index in [1.54, 1.807) is 0 Å². The van der Waals surface area contributed by atoms with Crippen molar-refractivity contribution in [3.63, 3.8) is 0 Å². The van der Waals surface area contributed by atoms with Gasteiger partial charge in [0.05, 0.1) is 18.1 Å². The number of hydrogen-bond acceptors (Lipinski definition) is 12. The second-order valence-corrected chi connectivity index (χ2v) is 18.0. The molecule has 17 nitrogen and oxygen atoms in total. The SMILES string of the molecule is CCCCCCN1CCNC(C(=O)NC(CCCCN)C(=O)NC(C(=O)NC(C)C(=O)NC(CCCCN)C(=O)NC(C)B2OCCC3CC(C(C)O2)C3(C)C)C(C)O)C1. The van der Waals surface area contributed by atoms with Gasteiger partial charge in [0.1, 0.15) is 24.2 Å². The molecule has 344 valence electrons. The van der Waals surface area contributed by atoms with Crippen molar-refractivity contribution >= 4 is 36.7 Å². The molecule has 0 spiro atoms. The summed E-state index contributed by atoms with van der Waals surface area (Å²) in [5, 5.41) is 27.7. The van der Waals surface area contributed by atoms with Crippen LogP contribution < -0.4 is 43.4 Å². The number of unbranched alkanes of at least 4 members (excludes halogenated alkanes) is 5. The lowest BCUT2D eigenvalue weighted by Crippen LogP contribution is -2.62. The second-order valence-electron chi connectivity index (χ2n) is 18.0. The number of nitrogens with zero attached hydrogens (tertiary/aromatic N) is 1. The molecule has 4 aliphatic rings. The zero-order valence-electron chi connectivity index (χ0n) is 37.7. The number of carbonyl (C=O) groups excluding carboxylic acids is 5. The number of fused-ring (bicyclic) bond motifs is 5. The van der Waals surface area contributed by atoms with Crippen molar-refractivity contribution in [1.29, 1.82) is 0 Å². The van der Waals surface area contributed by atoms with Crippen LogP contribution in [0.25, 0.3) is 0 Å². The summed E-state index contributed by atoms with van der Waals surface area (Å²) in [7, 11) is -0.668. The summed E-state index contributed by atoms with van der Waals surface area (Å²) in [6, 6.07) is -5.02.